The number of aromatic amines is 1. The number of aliphatic hydroxyl groups excluding tert-OH is 1. The smallest absolute Gasteiger partial charge is 0.406 e. The van der Waals surface area contributed by atoms with Gasteiger partial charge in [0.05, 0.1) is 25.6 Å². The van der Waals surface area contributed by atoms with Gasteiger partial charge in [-0.05, 0) is 20.8 Å². The Morgan fingerprint density at radius 3 is 2.67 bits per heavy atom. The van der Waals surface area contributed by atoms with Crippen LogP contribution in [0.15, 0.2) is 11.1 Å². The molecule has 1 fully saturated rings. The molecule has 1 saturated heterocycles. The number of fused-ring (bicyclic) bond motifs is 1. The van der Waals surface area contributed by atoms with Crippen LogP contribution in [0.25, 0.3) is 11.2 Å². The molecule has 42 heavy (non-hydrogen) atoms. The van der Waals surface area contributed by atoms with E-state index in [0.717, 1.165) is 22.7 Å². The monoisotopic (exact) mass is 656 g/mol. The number of carbonyl (C=O) groups excluding carboxylic acids is 2. The second kappa shape index (κ2) is 13.3. The molecule has 0 aliphatic carbocycles. The zero-order chi connectivity index (χ0) is 31.6. The van der Waals surface area contributed by atoms with E-state index in [9.17, 15) is 24.1 Å². The van der Waals surface area contributed by atoms with Crippen LogP contribution in [0.5, 0.6) is 0 Å². The minimum atomic E-state index is -4.35. The number of aliphatic hydroxyl groups is 1. The average molecular weight is 657 g/mol. The molecule has 3 heterocycles. The molecule has 6 atom stereocenters. The van der Waals surface area contributed by atoms with Crippen molar-refractivity contribution in [3.05, 3.63) is 16.7 Å². The molecule has 15 nitrogen and oxygen atoms in total. The van der Waals surface area contributed by atoms with Gasteiger partial charge in [-0.3, -0.25) is 33.0 Å². The number of imidazole rings is 1. The van der Waals surface area contributed by atoms with E-state index in [1.807, 2.05) is 0 Å². The van der Waals surface area contributed by atoms with Crippen LogP contribution >= 0.6 is 31.1 Å². The van der Waals surface area contributed by atoms with E-state index in [-0.39, 0.29) is 34.6 Å². The summed E-state index contributed by atoms with van der Waals surface area (Å²) in [7, 11) is -4.35. The molecule has 2 aromatic rings. The highest BCUT2D eigenvalue weighted by atomic mass is 35.5. The van der Waals surface area contributed by atoms with Crippen molar-refractivity contribution in [2.45, 2.75) is 77.3 Å². The fourth-order valence-electron chi connectivity index (χ4n) is 3.64. The highest BCUT2D eigenvalue weighted by Gasteiger charge is 2.58. The van der Waals surface area contributed by atoms with Gasteiger partial charge in [0.15, 0.2) is 22.5 Å². The van der Waals surface area contributed by atoms with E-state index in [1.54, 1.807) is 34.6 Å². The lowest BCUT2D eigenvalue weighted by Crippen LogP contribution is -2.39. The molecule has 0 aromatic carbocycles. The third-order valence-electron chi connectivity index (χ3n) is 5.74. The molecule has 0 radical (unpaired) electrons. The van der Waals surface area contributed by atoms with Gasteiger partial charge in [0.2, 0.25) is 5.95 Å². The molecule has 236 valence electrons. The van der Waals surface area contributed by atoms with E-state index in [0.29, 0.717) is 0 Å². The van der Waals surface area contributed by atoms with Gasteiger partial charge in [-0.15, -0.1) is 0 Å². The Morgan fingerprint density at radius 2 is 2.05 bits per heavy atom. The summed E-state index contributed by atoms with van der Waals surface area (Å²) in [6, 6.07) is -1.16. The first-order chi connectivity index (χ1) is 19.4. The van der Waals surface area contributed by atoms with Crippen LogP contribution in [0, 0.1) is 5.41 Å². The molecule has 1 aliphatic heterocycles. The zero-order valence-electron chi connectivity index (χ0n) is 23.8. The Bertz CT molecular complexity index is 1400. The summed E-state index contributed by atoms with van der Waals surface area (Å²) in [5.74, 6) is -0.911. The number of nitrogens with two attached hydrogens (primary N) is 1. The lowest BCUT2D eigenvalue weighted by Gasteiger charge is -2.25. The number of ether oxygens (including phenoxy) is 2. The molecule has 0 saturated carbocycles. The van der Waals surface area contributed by atoms with Gasteiger partial charge in [0, 0.05) is 11.2 Å². The molecule has 1 aliphatic rings. The van der Waals surface area contributed by atoms with Crippen molar-refractivity contribution in [1.29, 1.82) is 0 Å². The average Bonchev–Trinajstić information content (AvgIpc) is 3.37. The van der Waals surface area contributed by atoms with Crippen LogP contribution in [-0.2, 0) is 32.7 Å². The number of nitrogens with zero attached hydrogens (tertiary/aromatic N) is 3. The molecular weight excluding hydrogens is 622 g/mol. The molecular formula is C23H35ClFN6O9PS. The molecule has 3 rings (SSSR count). The number of esters is 1. The van der Waals surface area contributed by atoms with Gasteiger partial charge < -0.3 is 20.3 Å². The van der Waals surface area contributed by atoms with Crippen molar-refractivity contribution in [2.24, 2.45) is 5.41 Å². The number of anilines is 1. The highest BCUT2D eigenvalue weighted by Crippen LogP contribution is 2.49. The van der Waals surface area contributed by atoms with Gasteiger partial charge >= 0.3 is 13.7 Å². The molecule has 0 amide bonds. The summed E-state index contributed by atoms with van der Waals surface area (Å²) >= 11 is 7.00. The summed E-state index contributed by atoms with van der Waals surface area (Å²) in [5, 5.41) is 10.0. The number of nitrogen functional groups attached to an aromatic ring is 1. The minimum Gasteiger partial charge on any atom is -0.462 e. The van der Waals surface area contributed by atoms with Crippen molar-refractivity contribution in [2.75, 3.05) is 24.7 Å². The summed E-state index contributed by atoms with van der Waals surface area (Å²) in [4.78, 5) is 46.7. The van der Waals surface area contributed by atoms with Crippen LogP contribution in [-0.4, -0.2) is 84.2 Å². The third kappa shape index (κ3) is 8.08. The first kappa shape index (κ1) is 34.4. The zero-order valence-corrected chi connectivity index (χ0v) is 26.3. The predicted molar refractivity (Wildman–Crippen MR) is 152 cm³/mol. The van der Waals surface area contributed by atoms with Gasteiger partial charge in [-0.1, -0.05) is 44.1 Å². The lowest BCUT2D eigenvalue weighted by atomic mass is 10.00. The fraction of sp³-hybridized carbons (Fsp3) is 0.696. The molecule has 0 bridgehead atoms. The SMILES string of the molecule is CC(C)OC(=O)[C@H](C)NP(=O)(OCCSC(=O)C(C)(C)C)OC[C@H]1O[C@@H](n2cnc3c(=O)[nH]c(N)nc32)[C@@](F)(Cl)[C@@H]1O. The third-order valence-corrected chi connectivity index (χ3v) is 9.11. The summed E-state index contributed by atoms with van der Waals surface area (Å²) in [5.41, 5.74) is 3.96. The van der Waals surface area contributed by atoms with E-state index in [1.165, 1.54) is 6.92 Å². The number of thioether (sulfide) groups is 1. The molecule has 2 aromatic heterocycles. The Balaban J connectivity index is 1.77. The van der Waals surface area contributed by atoms with E-state index < -0.39 is 67.0 Å². The van der Waals surface area contributed by atoms with Gasteiger partial charge in [-0.25, -0.2) is 19.0 Å². The van der Waals surface area contributed by atoms with Crippen molar-refractivity contribution >= 4 is 59.3 Å². The molecule has 1 unspecified atom stereocenters. The lowest BCUT2D eigenvalue weighted by molar-refractivity contribution is -0.149. The number of hydrogen-bond acceptors (Lipinski definition) is 13. The van der Waals surface area contributed by atoms with Crippen molar-refractivity contribution < 1.29 is 42.2 Å². The number of alkyl halides is 2. The van der Waals surface area contributed by atoms with Crippen LogP contribution in [0.3, 0.4) is 0 Å². The summed E-state index contributed by atoms with van der Waals surface area (Å²) in [6.07, 6.45) is -4.71. The largest absolute Gasteiger partial charge is 0.462 e. The standard InChI is InChI=1S/C23H35ClFN6O9PS/c1-11(2)39-18(34)12(3)30-41(36,37-7-8-42-20(35)22(4,5)6)38-9-13-15(32)23(24,25)19(40-13)31-10-27-14-16(31)28-21(26)29-17(14)33/h10-13,15,19,32H,7-9H2,1-6H3,(H,30,36)(H3,26,28,29,33)/t12-,13+,15+,19+,23+,41?/m0/s1. The quantitative estimate of drug-likeness (QED) is 0.112. The maximum Gasteiger partial charge on any atom is 0.406 e. The van der Waals surface area contributed by atoms with Crippen LogP contribution in [0.2, 0.25) is 0 Å². The number of nitrogens with one attached hydrogen (secondary N) is 2. The topological polar surface area (TPSA) is 210 Å². The van der Waals surface area contributed by atoms with Crippen LogP contribution in [0.1, 0.15) is 47.8 Å². The van der Waals surface area contributed by atoms with Crippen LogP contribution in [0.4, 0.5) is 10.3 Å². The highest BCUT2D eigenvalue weighted by molar-refractivity contribution is 8.13. The summed E-state index contributed by atoms with van der Waals surface area (Å²) in [6.45, 7) is 8.93. The van der Waals surface area contributed by atoms with Crippen molar-refractivity contribution in [3.8, 4) is 0 Å². The minimum absolute atomic E-state index is 0.110. The first-order valence-corrected chi connectivity index (χ1v) is 15.7. The van der Waals surface area contributed by atoms with Crippen LogP contribution < -0.4 is 16.4 Å². The van der Waals surface area contributed by atoms with E-state index in [2.05, 4.69) is 20.0 Å². The van der Waals surface area contributed by atoms with Gasteiger partial charge in [0.25, 0.3) is 10.7 Å². The van der Waals surface area contributed by atoms with Gasteiger partial charge in [0.1, 0.15) is 18.2 Å². The Labute approximate surface area is 249 Å². The molecule has 5 N–H and O–H groups in total. The summed E-state index contributed by atoms with van der Waals surface area (Å²) < 4.78 is 51.9. The normalized spacial score (nSPS) is 25.0. The maximum absolute atomic E-state index is 15.6. The number of halogens is 2. The number of hydrogen-bond donors (Lipinski definition) is 4. The van der Waals surface area contributed by atoms with Crippen molar-refractivity contribution in [3.63, 3.8) is 0 Å². The number of rotatable bonds is 12. The maximum atomic E-state index is 15.6. The van der Waals surface area contributed by atoms with Gasteiger partial charge in [-0.2, -0.15) is 4.98 Å². The second-order valence-electron chi connectivity index (χ2n) is 10.8. The Hall–Kier alpha value is -2.11. The van der Waals surface area contributed by atoms with E-state index >= 15 is 4.39 Å². The Kier molecular flexibility index (Phi) is 10.9. The number of aromatic nitrogens is 4. The molecule has 0 spiro atoms. The Morgan fingerprint density at radius 1 is 1.38 bits per heavy atom. The number of carbonyl (C=O) groups is 2. The fourth-order valence-corrected chi connectivity index (χ4v) is 6.32. The molecule has 19 heteroatoms. The predicted octanol–water partition coefficient (Wildman–Crippen LogP) is 2.24. The first-order valence-electron chi connectivity index (χ1n) is 12.8. The van der Waals surface area contributed by atoms with Crippen molar-refractivity contribution in [1.82, 2.24) is 24.6 Å². The number of H-pyrrole nitrogens is 1. The van der Waals surface area contributed by atoms with E-state index in [4.69, 9.17) is 35.9 Å². The second-order valence-corrected chi connectivity index (χ2v) is 14.2.